The summed E-state index contributed by atoms with van der Waals surface area (Å²) in [6.07, 6.45) is 7.92. The number of phenols is 1. The van der Waals surface area contributed by atoms with Crippen molar-refractivity contribution in [3.05, 3.63) is 29.8 Å². The molecule has 1 N–H and O–H groups in total. The van der Waals surface area contributed by atoms with Crippen LogP contribution in [-0.4, -0.2) is 28.8 Å². The summed E-state index contributed by atoms with van der Waals surface area (Å²) in [5.74, 6) is 2.10. The molecular formula is C30H44O5. The van der Waals surface area contributed by atoms with Crippen molar-refractivity contribution in [1.29, 1.82) is 0 Å². The molecule has 0 aromatic heterocycles. The zero-order valence-electron chi connectivity index (χ0n) is 22.2. The average molecular weight is 485 g/mol. The van der Waals surface area contributed by atoms with Gasteiger partial charge in [-0.05, 0) is 113 Å². The summed E-state index contributed by atoms with van der Waals surface area (Å²) in [6, 6.07) is 7.18. The van der Waals surface area contributed by atoms with E-state index in [2.05, 4.69) is 6.92 Å². The zero-order valence-corrected chi connectivity index (χ0v) is 22.2. The Labute approximate surface area is 211 Å². The fourth-order valence-electron chi connectivity index (χ4n) is 7.20. The summed E-state index contributed by atoms with van der Waals surface area (Å²) in [7, 11) is 0. The second-order valence-electron chi connectivity index (χ2n) is 12.4. The zero-order chi connectivity index (χ0) is 25.3. The van der Waals surface area contributed by atoms with Gasteiger partial charge in [-0.25, -0.2) is 0 Å². The van der Waals surface area contributed by atoms with E-state index in [-0.39, 0.29) is 41.5 Å². The van der Waals surface area contributed by atoms with Crippen molar-refractivity contribution in [1.82, 2.24) is 0 Å². The van der Waals surface area contributed by atoms with Crippen molar-refractivity contribution in [2.45, 2.75) is 104 Å². The molecule has 8 unspecified atom stereocenters. The quantitative estimate of drug-likeness (QED) is 0.398. The molecule has 35 heavy (non-hydrogen) atoms. The van der Waals surface area contributed by atoms with Crippen LogP contribution in [0.5, 0.6) is 5.75 Å². The summed E-state index contributed by atoms with van der Waals surface area (Å²) in [5.41, 5.74) is 0.514. The molecule has 194 valence electrons. The van der Waals surface area contributed by atoms with Gasteiger partial charge in [-0.2, -0.15) is 0 Å². The summed E-state index contributed by atoms with van der Waals surface area (Å²) in [6.45, 7) is 9.71. The maximum absolute atomic E-state index is 13.6. The number of carbonyl (C=O) groups excluding carboxylic acids is 2. The molecule has 0 heterocycles. The van der Waals surface area contributed by atoms with E-state index in [0.29, 0.717) is 25.2 Å². The molecule has 0 aliphatic heterocycles. The number of esters is 2. The van der Waals surface area contributed by atoms with Crippen molar-refractivity contribution < 1.29 is 24.2 Å². The van der Waals surface area contributed by atoms with Crippen LogP contribution in [0.15, 0.2) is 24.3 Å². The molecule has 3 saturated carbocycles. The smallest absolute Gasteiger partial charge is 0.309 e. The molecular weight excluding hydrogens is 440 g/mol. The minimum absolute atomic E-state index is 0.0416. The molecule has 4 rings (SSSR count). The average Bonchev–Trinajstić information content (AvgIpc) is 3.49. The molecule has 0 saturated heterocycles. The fraction of sp³-hybridized carbons (Fsp3) is 0.733. The van der Waals surface area contributed by atoms with Crippen LogP contribution >= 0.6 is 0 Å². The standard InChI is InChI=1S/C30H44O5/c1-6-19(29(33)35-30(3,4)5)15-22(14-18(2)20-10-12-23(31)13-11-20)28(32)34-27-17-21-16-26(27)25-9-7-8-24(21)25/h10-13,18-19,21-22,24-27,31H,6-9,14-17H2,1-5H3. The van der Waals surface area contributed by atoms with Crippen LogP contribution in [-0.2, 0) is 19.1 Å². The predicted octanol–water partition coefficient (Wildman–Crippen LogP) is 6.63. The van der Waals surface area contributed by atoms with Gasteiger partial charge in [-0.15, -0.1) is 0 Å². The highest BCUT2D eigenvalue weighted by molar-refractivity contribution is 5.76. The van der Waals surface area contributed by atoms with Crippen LogP contribution in [0.1, 0.15) is 97.5 Å². The molecule has 1 aromatic rings. The van der Waals surface area contributed by atoms with Crippen LogP contribution in [0.25, 0.3) is 0 Å². The first kappa shape index (κ1) is 26.0. The molecule has 1 aromatic carbocycles. The summed E-state index contributed by atoms with van der Waals surface area (Å²) in [5, 5.41) is 9.66. The van der Waals surface area contributed by atoms with Crippen LogP contribution in [0.2, 0.25) is 0 Å². The minimum Gasteiger partial charge on any atom is -0.508 e. The molecule has 0 amide bonds. The van der Waals surface area contributed by atoms with Gasteiger partial charge in [0.15, 0.2) is 0 Å². The van der Waals surface area contributed by atoms with Gasteiger partial charge < -0.3 is 14.6 Å². The van der Waals surface area contributed by atoms with Crippen molar-refractivity contribution in [2.24, 2.45) is 35.5 Å². The van der Waals surface area contributed by atoms with E-state index in [1.807, 2.05) is 39.8 Å². The Kier molecular flexibility index (Phi) is 7.83. The largest absolute Gasteiger partial charge is 0.508 e. The highest BCUT2D eigenvalue weighted by atomic mass is 16.6. The van der Waals surface area contributed by atoms with E-state index < -0.39 is 5.60 Å². The number of ether oxygens (including phenoxy) is 2. The second kappa shape index (κ2) is 10.5. The molecule has 3 aliphatic carbocycles. The number of hydrogen-bond donors (Lipinski definition) is 1. The number of hydrogen-bond acceptors (Lipinski definition) is 5. The number of benzene rings is 1. The Hall–Kier alpha value is -2.04. The Morgan fingerprint density at radius 2 is 1.66 bits per heavy atom. The second-order valence-corrected chi connectivity index (χ2v) is 12.4. The number of carbonyl (C=O) groups is 2. The van der Waals surface area contributed by atoms with Gasteiger partial charge in [0, 0.05) is 0 Å². The maximum atomic E-state index is 13.6. The molecule has 0 radical (unpaired) electrons. The van der Waals surface area contributed by atoms with Gasteiger partial charge in [0.1, 0.15) is 17.5 Å². The Morgan fingerprint density at radius 3 is 2.31 bits per heavy atom. The number of phenolic OH excluding ortho intramolecular Hbond substituents is 1. The maximum Gasteiger partial charge on any atom is 0.309 e. The summed E-state index contributed by atoms with van der Waals surface area (Å²) < 4.78 is 11.9. The van der Waals surface area contributed by atoms with E-state index in [1.54, 1.807) is 12.1 Å². The minimum atomic E-state index is -0.555. The van der Waals surface area contributed by atoms with Crippen LogP contribution in [0, 0.1) is 35.5 Å². The third kappa shape index (κ3) is 6.03. The molecule has 8 atom stereocenters. The lowest BCUT2D eigenvalue weighted by molar-refractivity contribution is -0.164. The lowest BCUT2D eigenvalue weighted by Crippen LogP contribution is -2.36. The molecule has 5 nitrogen and oxygen atoms in total. The number of fused-ring (bicyclic) bond motifs is 5. The topological polar surface area (TPSA) is 72.8 Å². The number of rotatable bonds is 9. The predicted molar refractivity (Wildman–Crippen MR) is 136 cm³/mol. The van der Waals surface area contributed by atoms with E-state index in [0.717, 1.165) is 29.7 Å². The summed E-state index contributed by atoms with van der Waals surface area (Å²) in [4.78, 5) is 26.5. The highest BCUT2D eigenvalue weighted by Gasteiger charge is 2.55. The van der Waals surface area contributed by atoms with Crippen LogP contribution < -0.4 is 0 Å². The molecule has 3 fully saturated rings. The molecule has 5 heteroatoms. The monoisotopic (exact) mass is 484 g/mol. The van der Waals surface area contributed by atoms with E-state index in [1.165, 1.54) is 25.7 Å². The van der Waals surface area contributed by atoms with E-state index in [4.69, 9.17) is 9.47 Å². The first-order valence-corrected chi connectivity index (χ1v) is 13.8. The first-order valence-electron chi connectivity index (χ1n) is 13.8. The van der Waals surface area contributed by atoms with Gasteiger partial charge in [0.2, 0.25) is 0 Å². The normalized spacial score (nSPS) is 29.9. The lowest BCUT2D eigenvalue weighted by atomic mass is 9.80. The Morgan fingerprint density at radius 1 is 0.971 bits per heavy atom. The first-order chi connectivity index (χ1) is 16.6. The van der Waals surface area contributed by atoms with Gasteiger partial charge in [0.05, 0.1) is 11.8 Å². The van der Waals surface area contributed by atoms with Gasteiger partial charge in [0.25, 0.3) is 0 Å². The Bertz CT molecular complexity index is 885. The number of aromatic hydroxyl groups is 1. The van der Waals surface area contributed by atoms with Crippen molar-refractivity contribution in [3.63, 3.8) is 0 Å². The summed E-state index contributed by atoms with van der Waals surface area (Å²) >= 11 is 0. The van der Waals surface area contributed by atoms with E-state index in [9.17, 15) is 14.7 Å². The SMILES string of the molecule is CCC(CC(CC(C)c1ccc(O)cc1)C(=O)OC1CC2CC1C1CCCC21)C(=O)OC(C)(C)C. The van der Waals surface area contributed by atoms with E-state index >= 15 is 0 Å². The molecule has 2 bridgehead atoms. The lowest BCUT2D eigenvalue weighted by Gasteiger charge is -2.33. The van der Waals surface area contributed by atoms with Crippen LogP contribution in [0.4, 0.5) is 0 Å². The van der Waals surface area contributed by atoms with Crippen molar-refractivity contribution >= 4 is 11.9 Å². The molecule has 3 aliphatic rings. The van der Waals surface area contributed by atoms with Crippen molar-refractivity contribution in [2.75, 3.05) is 0 Å². The van der Waals surface area contributed by atoms with Gasteiger partial charge >= 0.3 is 11.9 Å². The third-order valence-corrected chi connectivity index (χ3v) is 8.87. The van der Waals surface area contributed by atoms with Crippen molar-refractivity contribution in [3.8, 4) is 5.75 Å². The molecule has 0 spiro atoms. The van der Waals surface area contributed by atoms with Crippen LogP contribution in [0.3, 0.4) is 0 Å². The van der Waals surface area contributed by atoms with Gasteiger partial charge in [-0.3, -0.25) is 9.59 Å². The fourth-order valence-corrected chi connectivity index (χ4v) is 7.20. The highest BCUT2D eigenvalue weighted by Crippen LogP contribution is 2.59. The third-order valence-electron chi connectivity index (χ3n) is 8.87. The Balaban J connectivity index is 1.47. The van der Waals surface area contributed by atoms with Gasteiger partial charge in [-0.1, -0.05) is 32.4 Å².